The van der Waals surface area contributed by atoms with Gasteiger partial charge in [0.05, 0.1) is 0 Å². The second-order valence-electron chi connectivity index (χ2n) is 5.72. The van der Waals surface area contributed by atoms with E-state index in [4.69, 9.17) is 5.73 Å². The Balaban J connectivity index is 2.01. The molecule has 1 aliphatic rings. The molecule has 0 radical (unpaired) electrons. The van der Waals surface area contributed by atoms with Crippen molar-refractivity contribution < 1.29 is 17.9 Å². The van der Waals surface area contributed by atoms with Crippen LogP contribution in [0.15, 0.2) is 24.3 Å². The highest BCUT2D eigenvalue weighted by Gasteiger charge is 2.31. The Morgan fingerprint density at radius 3 is 2.43 bits per heavy atom. The molecule has 1 fully saturated rings. The van der Waals surface area contributed by atoms with E-state index in [1.807, 2.05) is 0 Å². The summed E-state index contributed by atoms with van der Waals surface area (Å²) in [5, 5.41) is 0. The van der Waals surface area contributed by atoms with Gasteiger partial charge in [-0.3, -0.25) is 4.90 Å². The van der Waals surface area contributed by atoms with Crippen LogP contribution < -0.4 is 10.5 Å². The maximum Gasteiger partial charge on any atom is 0.573 e. The van der Waals surface area contributed by atoms with Crippen LogP contribution in [0, 0.1) is 5.92 Å². The number of nitrogens with two attached hydrogens (primary N) is 1. The zero-order valence-corrected chi connectivity index (χ0v) is 12.2. The maximum absolute atomic E-state index is 12.1. The number of nitrogens with zero attached hydrogens (tertiary/aromatic N) is 1. The van der Waals surface area contributed by atoms with Crippen molar-refractivity contribution >= 4 is 0 Å². The number of hydrogen-bond acceptors (Lipinski definition) is 3. The monoisotopic (exact) mass is 302 g/mol. The standard InChI is InChI=1S/C15H21F3N2O/c1-10-9-20(8-7-14(10)19)11(2)12-3-5-13(6-4-12)21-15(16,17)18/h3-6,10-11,14H,7-9,19H2,1-2H3. The minimum Gasteiger partial charge on any atom is -0.406 e. The van der Waals surface area contributed by atoms with Gasteiger partial charge in [0, 0.05) is 25.2 Å². The van der Waals surface area contributed by atoms with E-state index in [1.165, 1.54) is 12.1 Å². The number of piperidine rings is 1. The molecule has 0 amide bonds. The van der Waals surface area contributed by atoms with Crippen molar-refractivity contribution in [2.45, 2.75) is 38.7 Å². The maximum atomic E-state index is 12.1. The van der Waals surface area contributed by atoms with Gasteiger partial charge in [-0.25, -0.2) is 0 Å². The van der Waals surface area contributed by atoms with Gasteiger partial charge in [-0.1, -0.05) is 19.1 Å². The first-order chi connectivity index (χ1) is 9.76. The molecule has 118 valence electrons. The molecule has 1 aromatic rings. The fourth-order valence-corrected chi connectivity index (χ4v) is 2.71. The molecule has 2 N–H and O–H groups in total. The molecule has 0 aromatic heterocycles. The van der Waals surface area contributed by atoms with E-state index in [-0.39, 0.29) is 17.8 Å². The molecule has 0 aliphatic carbocycles. The number of ether oxygens (including phenoxy) is 1. The van der Waals surface area contributed by atoms with Crippen molar-refractivity contribution in [2.24, 2.45) is 11.7 Å². The summed E-state index contributed by atoms with van der Waals surface area (Å²) >= 11 is 0. The molecule has 3 unspecified atom stereocenters. The van der Waals surface area contributed by atoms with Crippen molar-refractivity contribution in [3.8, 4) is 5.75 Å². The number of halogens is 3. The number of rotatable bonds is 3. The summed E-state index contributed by atoms with van der Waals surface area (Å²) < 4.78 is 40.3. The third kappa shape index (κ3) is 4.35. The quantitative estimate of drug-likeness (QED) is 0.931. The lowest BCUT2D eigenvalue weighted by Gasteiger charge is -2.38. The molecule has 3 nitrogen and oxygen atoms in total. The first-order valence-electron chi connectivity index (χ1n) is 7.11. The van der Waals surface area contributed by atoms with Crippen LogP contribution in [0.3, 0.4) is 0 Å². The number of alkyl halides is 3. The average Bonchev–Trinajstić information content (AvgIpc) is 2.40. The van der Waals surface area contributed by atoms with Crippen LogP contribution in [0.4, 0.5) is 13.2 Å². The molecular formula is C15H21F3N2O. The lowest BCUT2D eigenvalue weighted by molar-refractivity contribution is -0.274. The van der Waals surface area contributed by atoms with Gasteiger partial charge in [-0.2, -0.15) is 0 Å². The summed E-state index contributed by atoms with van der Waals surface area (Å²) in [5.41, 5.74) is 6.99. The van der Waals surface area contributed by atoms with Gasteiger partial charge < -0.3 is 10.5 Å². The van der Waals surface area contributed by atoms with Crippen LogP contribution in [0.25, 0.3) is 0 Å². The van der Waals surface area contributed by atoms with Crippen molar-refractivity contribution in [2.75, 3.05) is 13.1 Å². The highest BCUT2D eigenvalue weighted by atomic mass is 19.4. The summed E-state index contributed by atoms with van der Waals surface area (Å²) in [6.45, 7) is 6.00. The zero-order chi connectivity index (χ0) is 15.6. The molecule has 0 bridgehead atoms. The van der Waals surface area contributed by atoms with E-state index >= 15 is 0 Å². The molecule has 1 heterocycles. The van der Waals surface area contributed by atoms with Crippen LogP contribution >= 0.6 is 0 Å². The summed E-state index contributed by atoms with van der Waals surface area (Å²) in [5.74, 6) is 0.238. The van der Waals surface area contributed by atoms with E-state index in [1.54, 1.807) is 12.1 Å². The van der Waals surface area contributed by atoms with E-state index in [0.717, 1.165) is 25.1 Å². The Morgan fingerprint density at radius 2 is 1.90 bits per heavy atom. The van der Waals surface area contributed by atoms with Crippen molar-refractivity contribution in [3.63, 3.8) is 0 Å². The fraction of sp³-hybridized carbons (Fsp3) is 0.600. The second-order valence-corrected chi connectivity index (χ2v) is 5.72. The second kappa shape index (κ2) is 6.23. The molecule has 21 heavy (non-hydrogen) atoms. The average molecular weight is 302 g/mol. The highest BCUT2D eigenvalue weighted by molar-refractivity contribution is 5.29. The van der Waals surface area contributed by atoms with Crippen molar-refractivity contribution in [1.82, 2.24) is 4.90 Å². The summed E-state index contributed by atoms with van der Waals surface area (Å²) in [6.07, 6.45) is -3.70. The fourth-order valence-electron chi connectivity index (χ4n) is 2.71. The summed E-state index contributed by atoms with van der Waals surface area (Å²) in [4.78, 5) is 2.31. The third-order valence-corrected chi connectivity index (χ3v) is 4.15. The van der Waals surface area contributed by atoms with Crippen LogP contribution in [0.5, 0.6) is 5.75 Å². The predicted octanol–water partition coefficient (Wildman–Crippen LogP) is 3.32. The van der Waals surface area contributed by atoms with Crippen molar-refractivity contribution in [1.29, 1.82) is 0 Å². The summed E-state index contributed by atoms with van der Waals surface area (Å²) in [7, 11) is 0. The third-order valence-electron chi connectivity index (χ3n) is 4.15. The number of benzene rings is 1. The Labute approximate surface area is 122 Å². The van der Waals surface area contributed by atoms with Gasteiger partial charge in [0.15, 0.2) is 0 Å². The predicted molar refractivity (Wildman–Crippen MR) is 74.9 cm³/mol. The van der Waals surface area contributed by atoms with E-state index in [2.05, 4.69) is 23.5 Å². The minimum atomic E-state index is -4.65. The lowest BCUT2D eigenvalue weighted by atomic mass is 9.92. The highest BCUT2D eigenvalue weighted by Crippen LogP contribution is 2.28. The van der Waals surface area contributed by atoms with E-state index in [9.17, 15) is 13.2 Å². The molecule has 1 aromatic carbocycles. The number of hydrogen-bond donors (Lipinski definition) is 1. The van der Waals surface area contributed by atoms with E-state index < -0.39 is 6.36 Å². The molecule has 3 atom stereocenters. The Hall–Kier alpha value is -1.27. The largest absolute Gasteiger partial charge is 0.573 e. The van der Waals surface area contributed by atoms with Gasteiger partial charge in [0.2, 0.25) is 0 Å². The SMILES string of the molecule is CC1CN(C(C)c2ccc(OC(F)(F)F)cc2)CCC1N. The minimum absolute atomic E-state index is 0.153. The molecule has 1 aliphatic heterocycles. The van der Waals surface area contributed by atoms with Gasteiger partial charge in [0.1, 0.15) is 5.75 Å². The lowest BCUT2D eigenvalue weighted by Crippen LogP contribution is -2.46. The zero-order valence-electron chi connectivity index (χ0n) is 12.2. The van der Waals surface area contributed by atoms with Crippen LogP contribution in [-0.4, -0.2) is 30.4 Å². The van der Waals surface area contributed by atoms with Crippen LogP contribution in [-0.2, 0) is 0 Å². The molecule has 0 saturated carbocycles. The van der Waals surface area contributed by atoms with Crippen LogP contribution in [0.2, 0.25) is 0 Å². The van der Waals surface area contributed by atoms with Gasteiger partial charge in [0.25, 0.3) is 0 Å². The Kier molecular flexibility index (Phi) is 4.78. The normalized spacial score (nSPS) is 25.6. The van der Waals surface area contributed by atoms with Gasteiger partial charge in [-0.15, -0.1) is 13.2 Å². The van der Waals surface area contributed by atoms with Gasteiger partial charge >= 0.3 is 6.36 Å². The Bertz CT molecular complexity index is 461. The van der Waals surface area contributed by atoms with Crippen molar-refractivity contribution in [3.05, 3.63) is 29.8 Å². The molecular weight excluding hydrogens is 281 g/mol. The summed E-state index contributed by atoms with van der Waals surface area (Å²) in [6, 6.07) is 6.48. The Morgan fingerprint density at radius 1 is 1.29 bits per heavy atom. The van der Waals surface area contributed by atoms with Crippen LogP contribution in [0.1, 0.15) is 31.9 Å². The molecule has 6 heteroatoms. The smallest absolute Gasteiger partial charge is 0.406 e. The topological polar surface area (TPSA) is 38.5 Å². The first kappa shape index (κ1) is 16.1. The molecule has 1 saturated heterocycles. The van der Waals surface area contributed by atoms with Gasteiger partial charge in [-0.05, 0) is 37.0 Å². The number of likely N-dealkylation sites (tertiary alicyclic amines) is 1. The van der Waals surface area contributed by atoms with E-state index in [0.29, 0.717) is 5.92 Å². The molecule has 0 spiro atoms. The first-order valence-corrected chi connectivity index (χ1v) is 7.11. The molecule has 2 rings (SSSR count).